The monoisotopic (exact) mass is 284 g/mol. The van der Waals surface area contributed by atoms with Gasteiger partial charge in [0.15, 0.2) is 0 Å². The van der Waals surface area contributed by atoms with E-state index in [1.807, 2.05) is 37.3 Å². The minimum atomic E-state index is -0.197. The number of rotatable bonds is 4. The standard InChI is InChI=1S/C19H24O2/c1-13(14-7-5-4-6-8-14)18(20)21-12-15-9-10-16-11-17(15)19(16,2)3/h4-9,13,16-17H,10-12H2,1-3H3/t13-,16-,17-/m1/s1. The zero-order chi connectivity index (χ0) is 15.0. The van der Waals surface area contributed by atoms with Gasteiger partial charge in [-0.2, -0.15) is 0 Å². The summed E-state index contributed by atoms with van der Waals surface area (Å²) < 4.78 is 5.58. The van der Waals surface area contributed by atoms with Crippen LogP contribution in [0.3, 0.4) is 0 Å². The molecule has 2 nitrogen and oxygen atoms in total. The van der Waals surface area contributed by atoms with E-state index in [-0.39, 0.29) is 11.9 Å². The second kappa shape index (κ2) is 5.32. The Morgan fingerprint density at radius 1 is 1.33 bits per heavy atom. The summed E-state index contributed by atoms with van der Waals surface area (Å²) in [7, 11) is 0. The first-order valence-electron chi connectivity index (χ1n) is 7.90. The maximum atomic E-state index is 12.2. The summed E-state index contributed by atoms with van der Waals surface area (Å²) in [6, 6.07) is 9.83. The van der Waals surface area contributed by atoms with Crippen LogP contribution in [0.5, 0.6) is 0 Å². The fourth-order valence-electron chi connectivity index (χ4n) is 3.80. The molecule has 112 valence electrons. The zero-order valence-corrected chi connectivity index (χ0v) is 13.1. The largest absolute Gasteiger partial charge is 0.461 e. The van der Waals surface area contributed by atoms with Gasteiger partial charge < -0.3 is 4.74 Å². The van der Waals surface area contributed by atoms with Crippen molar-refractivity contribution in [2.24, 2.45) is 17.3 Å². The van der Waals surface area contributed by atoms with Crippen LogP contribution in [0.2, 0.25) is 0 Å². The predicted molar refractivity (Wildman–Crippen MR) is 83.9 cm³/mol. The molecule has 0 amide bonds. The van der Waals surface area contributed by atoms with Gasteiger partial charge in [0.2, 0.25) is 0 Å². The minimum absolute atomic E-state index is 0.124. The quantitative estimate of drug-likeness (QED) is 0.608. The molecule has 0 heterocycles. The second-order valence-corrected chi connectivity index (χ2v) is 7.06. The highest BCUT2D eigenvalue weighted by Gasteiger charge is 2.51. The molecule has 1 saturated carbocycles. The SMILES string of the molecule is C[C@@H](C(=O)OCC1=CC[C@@H]2C[C@H]1C2(C)C)c1ccccc1. The molecule has 1 aromatic carbocycles. The molecule has 3 atom stereocenters. The fraction of sp³-hybridized carbons (Fsp3) is 0.526. The van der Waals surface area contributed by atoms with Crippen LogP contribution in [0.4, 0.5) is 0 Å². The Hall–Kier alpha value is -1.57. The molecule has 4 rings (SSSR count). The van der Waals surface area contributed by atoms with Gasteiger partial charge in [0, 0.05) is 0 Å². The van der Waals surface area contributed by atoms with Crippen LogP contribution < -0.4 is 0 Å². The van der Waals surface area contributed by atoms with Crippen molar-refractivity contribution in [1.29, 1.82) is 0 Å². The van der Waals surface area contributed by atoms with Gasteiger partial charge in [-0.3, -0.25) is 4.79 Å². The Morgan fingerprint density at radius 3 is 2.67 bits per heavy atom. The Morgan fingerprint density at radius 2 is 2.05 bits per heavy atom. The Labute approximate surface area is 127 Å². The molecule has 2 heteroatoms. The molecule has 0 unspecified atom stereocenters. The van der Waals surface area contributed by atoms with Gasteiger partial charge in [0.05, 0.1) is 5.92 Å². The van der Waals surface area contributed by atoms with Gasteiger partial charge in [-0.1, -0.05) is 50.3 Å². The van der Waals surface area contributed by atoms with Crippen LogP contribution in [0.25, 0.3) is 0 Å². The summed E-state index contributed by atoms with van der Waals surface area (Å²) in [6.45, 7) is 7.06. The molecular formula is C19H24O2. The molecule has 21 heavy (non-hydrogen) atoms. The molecule has 2 bridgehead atoms. The lowest BCUT2D eigenvalue weighted by atomic mass is 9.49. The van der Waals surface area contributed by atoms with Crippen LogP contribution in [0, 0.1) is 17.3 Å². The van der Waals surface area contributed by atoms with Crippen molar-refractivity contribution in [1.82, 2.24) is 0 Å². The molecule has 0 saturated heterocycles. The van der Waals surface area contributed by atoms with Crippen molar-refractivity contribution in [3.05, 3.63) is 47.5 Å². The van der Waals surface area contributed by atoms with E-state index in [4.69, 9.17) is 4.74 Å². The van der Waals surface area contributed by atoms with E-state index in [9.17, 15) is 4.79 Å². The van der Waals surface area contributed by atoms with Crippen molar-refractivity contribution in [2.75, 3.05) is 6.61 Å². The first-order chi connectivity index (χ1) is 10.00. The van der Waals surface area contributed by atoms with E-state index < -0.39 is 0 Å². The summed E-state index contributed by atoms with van der Waals surface area (Å²) in [5.41, 5.74) is 2.74. The average molecular weight is 284 g/mol. The Kier molecular flexibility index (Phi) is 3.64. The zero-order valence-electron chi connectivity index (χ0n) is 13.1. The Balaban J connectivity index is 1.58. The molecule has 0 aromatic heterocycles. The second-order valence-electron chi connectivity index (χ2n) is 7.06. The van der Waals surface area contributed by atoms with Gasteiger partial charge in [-0.25, -0.2) is 0 Å². The summed E-state index contributed by atoms with van der Waals surface area (Å²) in [5, 5.41) is 0. The van der Waals surface area contributed by atoms with Crippen LogP contribution in [0.1, 0.15) is 45.1 Å². The number of ether oxygens (including phenoxy) is 1. The van der Waals surface area contributed by atoms with E-state index in [1.54, 1.807) is 0 Å². The lowest BCUT2D eigenvalue weighted by Crippen LogP contribution is -2.48. The average Bonchev–Trinajstić information content (AvgIpc) is 2.52. The van der Waals surface area contributed by atoms with Crippen LogP contribution in [-0.2, 0) is 9.53 Å². The number of carbonyl (C=O) groups excluding carboxylic acids is 1. The summed E-state index contributed by atoms with van der Waals surface area (Å²) >= 11 is 0. The first-order valence-corrected chi connectivity index (χ1v) is 7.90. The topological polar surface area (TPSA) is 26.3 Å². The number of benzene rings is 1. The van der Waals surface area contributed by atoms with Crippen molar-refractivity contribution >= 4 is 5.97 Å². The van der Waals surface area contributed by atoms with Crippen molar-refractivity contribution in [2.45, 2.75) is 39.5 Å². The molecule has 0 radical (unpaired) electrons. The van der Waals surface area contributed by atoms with Crippen molar-refractivity contribution in [3.8, 4) is 0 Å². The number of allylic oxidation sites excluding steroid dienone is 1. The van der Waals surface area contributed by atoms with E-state index in [0.29, 0.717) is 17.9 Å². The maximum Gasteiger partial charge on any atom is 0.313 e. The fourth-order valence-corrected chi connectivity index (χ4v) is 3.80. The minimum Gasteiger partial charge on any atom is -0.461 e. The van der Waals surface area contributed by atoms with Gasteiger partial charge in [-0.15, -0.1) is 0 Å². The van der Waals surface area contributed by atoms with Gasteiger partial charge in [-0.05, 0) is 48.2 Å². The van der Waals surface area contributed by atoms with Crippen molar-refractivity contribution < 1.29 is 9.53 Å². The van der Waals surface area contributed by atoms with Crippen molar-refractivity contribution in [3.63, 3.8) is 0 Å². The number of carbonyl (C=O) groups is 1. The highest BCUT2D eigenvalue weighted by Crippen LogP contribution is 2.59. The maximum absolute atomic E-state index is 12.2. The van der Waals surface area contributed by atoms with Crippen LogP contribution in [-0.4, -0.2) is 12.6 Å². The predicted octanol–water partition coefficient (Wildman–Crippen LogP) is 4.33. The van der Waals surface area contributed by atoms with E-state index in [1.165, 1.54) is 12.0 Å². The third-order valence-corrected chi connectivity index (χ3v) is 5.62. The van der Waals surface area contributed by atoms with E-state index in [0.717, 1.165) is 17.9 Å². The van der Waals surface area contributed by atoms with Gasteiger partial charge in [0.1, 0.15) is 6.61 Å². The van der Waals surface area contributed by atoms with Crippen LogP contribution >= 0.6 is 0 Å². The normalized spacial score (nSPS) is 27.3. The summed E-state index contributed by atoms with van der Waals surface area (Å²) in [4.78, 5) is 12.2. The molecule has 3 aliphatic carbocycles. The number of hydrogen-bond acceptors (Lipinski definition) is 2. The van der Waals surface area contributed by atoms with Gasteiger partial charge in [0.25, 0.3) is 0 Å². The van der Waals surface area contributed by atoms with Gasteiger partial charge >= 0.3 is 5.97 Å². The third kappa shape index (κ3) is 2.52. The third-order valence-electron chi connectivity index (χ3n) is 5.62. The number of hydrogen-bond donors (Lipinski definition) is 0. The Bertz CT molecular complexity index is 556. The highest BCUT2D eigenvalue weighted by atomic mass is 16.5. The first kappa shape index (κ1) is 14.4. The number of fused-ring (bicyclic) bond motifs is 1. The number of esters is 1. The smallest absolute Gasteiger partial charge is 0.313 e. The molecule has 1 aromatic rings. The molecule has 3 aliphatic rings. The van der Waals surface area contributed by atoms with E-state index >= 15 is 0 Å². The lowest BCUT2D eigenvalue weighted by molar-refractivity contribution is -0.145. The molecule has 0 N–H and O–H groups in total. The molecular weight excluding hydrogens is 260 g/mol. The summed E-state index contributed by atoms with van der Waals surface area (Å²) in [5.74, 6) is 1.11. The highest BCUT2D eigenvalue weighted by molar-refractivity contribution is 5.77. The molecule has 0 aliphatic heterocycles. The molecule has 1 fully saturated rings. The lowest BCUT2D eigenvalue weighted by Gasteiger charge is -2.56. The van der Waals surface area contributed by atoms with E-state index in [2.05, 4.69) is 19.9 Å². The molecule has 0 spiro atoms. The summed E-state index contributed by atoms with van der Waals surface area (Å²) in [6.07, 6.45) is 4.71. The van der Waals surface area contributed by atoms with Crippen LogP contribution in [0.15, 0.2) is 42.0 Å².